The number of nitrogens with one attached hydrogen (secondary N) is 2. The summed E-state index contributed by atoms with van der Waals surface area (Å²) in [4.78, 5) is 44.5. The van der Waals surface area contributed by atoms with Crippen molar-refractivity contribution in [2.24, 2.45) is 5.92 Å². The van der Waals surface area contributed by atoms with Crippen LogP contribution in [0.5, 0.6) is 5.75 Å². The van der Waals surface area contributed by atoms with Gasteiger partial charge in [-0.05, 0) is 43.9 Å². The highest BCUT2D eigenvalue weighted by atomic mass is 35.5. The summed E-state index contributed by atoms with van der Waals surface area (Å²) < 4.78 is 5.95. The number of thiazole rings is 1. The molecule has 1 atom stereocenters. The van der Waals surface area contributed by atoms with E-state index in [-0.39, 0.29) is 49.3 Å². The lowest BCUT2D eigenvalue weighted by Crippen LogP contribution is -2.48. The van der Waals surface area contributed by atoms with Gasteiger partial charge in [0.15, 0.2) is 0 Å². The Morgan fingerprint density at radius 2 is 2.12 bits per heavy atom. The Kier molecular flexibility index (Phi) is 9.29. The summed E-state index contributed by atoms with van der Waals surface area (Å²) in [6.07, 6.45) is 1.45. The molecule has 184 valence electrons. The van der Waals surface area contributed by atoms with Crippen LogP contribution in [0.15, 0.2) is 23.6 Å². The van der Waals surface area contributed by atoms with Crippen LogP contribution in [0, 0.1) is 12.8 Å². The van der Waals surface area contributed by atoms with Crippen LogP contribution in [0.4, 0.5) is 0 Å². The first-order valence-corrected chi connectivity index (χ1v) is 12.7. The summed E-state index contributed by atoms with van der Waals surface area (Å²) in [5.74, 6) is -0.179. The van der Waals surface area contributed by atoms with E-state index in [1.165, 1.54) is 11.3 Å². The van der Waals surface area contributed by atoms with Gasteiger partial charge in [-0.3, -0.25) is 14.4 Å². The second-order valence-corrected chi connectivity index (χ2v) is 10.2. The molecule has 3 amide bonds. The van der Waals surface area contributed by atoms with E-state index in [0.717, 1.165) is 5.01 Å². The van der Waals surface area contributed by atoms with Crippen LogP contribution in [-0.2, 0) is 16.0 Å². The smallest absolute Gasteiger partial charge is 0.255 e. The monoisotopic (exact) mass is 506 g/mol. The van der Waals surface area contributed by atoms with Gasteiger partial charge in [0.05, 0.1) is 35.3 Å². The van der Waals surface area contributed by atoms with Gasteiger partial charge >= 0.3 is 0 Å². The molecular weight excluding hydrogens is 476 g/mol. The number of nitrogens with zero attached hydrogens (tertiary/aromatic N) is 2. The molecule has 0 bridgehead atoms. The number of hydrogen-bond donors (Lipinski definition) is 2. The van der Waals surface area contributed by atoms with Crippen molar-refractivity contribution in [3.63, 3.8) is 0 Å². The number of ether oxygens (including phenoxy) is 1. The Morgan fingerprint density at radius 1 is 1.32 bits per heavy atom. The molecule has 2 heterocycles. The predicted octanol–water partition coefficient (Wildman–Crippen LogP) is 3.22. The Hall–Kier alpha value is -2.65. The molecule has 0 unspecified atom stereocenters. The molecule has 1 aromatic carbocycles. The normalized spacial score (nSPS) is 18.3. The lowest BCUT2D eigenvalue weighted by Gasteiger charge is -2.26. The van der Waals surface area contributed by atoms with Crippen LogP contribution >= 0.6 is 22.9 Å². The third kappa shape index (κ3) is 7.43. The van der Waals surface area contributed by atoms with Gasteiger partial charge in [-0.25, -0.2) is 4.98 Å². The minimum Gasteiger partial charge on any atom is -0.491 e. The molecule has 2 N–H and O–H groups in total. The van der Waals surface area contributed by atoms with Crippen molar-refractivity contribution in [3.05, 3.63) is 44.9 Å². The molecule has 1 aliphatic heterocycles. The minimum absolute atomic E-state index is 0.0380. The van der Waals surface area contributed by atoms with Gasteiger partial charge in [-0.15, -0.1) is 11.3 Å². The van der Waals surface area contributed by atoms with Gasteiger partial charge in [0, 0.05) is 23.5 Å². The van der Waals surface area contributed by atoms with Crippen LogP contribution in [0.2, 0.25) is 5.02 Å². The summed E-state index contributed by atoms with van der Waals surface area (Å²) in [7, 11) is 0. The Balaban J connectivity index is 1.77. The Morgan fingerprint density at radius 3 is 2.82 bits per heavy atom. The fraction of sp³-hybridized carbons (Fsp3) is 0.500. The van der Waals surface area contributed by atoms with E-state index < -0.39 is 0 Å². The molecular formula is C24H31ClN4O4S. The molecule has 1 aromatic heterocycles. The van der Waals surface area contributed by atoms with Crippen molar-refractivity contribution in [1.29, 1.82) is 0 Å². The van der Waals surface area contributed by atoms with E-state index in [4.69, 9.17) is 16.3 Å². The number of aromatic nitrogens is 1. The number of fused-ring (bicyclic) bond motifs is 1. The topological polar surface area (TPSA) is 101 Å². The fourth-order valence-electron chi connectivity index (χ4n) is 3.58. The zero-order chi connectivity index (χ0) is 24.7. The average molecular weight is 507 g/mol. The molecule has 34 heavy (non-hydrogen) atoms. The maximum absolute atomic E-state index is 13.0. The quantitative estimate of drug-likeness (QED) is 0.665. The molecule has 0 spiro atoms. The molecule has 0 fully saturated rings. The summed E-state index contributed by atoms with van der Waals surface area (Å²) in [6, 6.07) is 4.60. The van der Waals surface area contributed by atoms with E-state index in [0.29, 0.717) is 48.0 Å². The lowest BCUT2D eigenvalue weighted by molar-refractivity contribution is -0.136. The molecule has 3 rings (SSSR count). The zero-order valence-corrected chi connectivity index (χ0v) is 21.3. The number of carbonyl (C=O) groups excluding carboxylic acids is 3. The highest BCUT2D eigenvalue weighted by molar-refractivity contribution is 7.09. The Labute approximate surface area is 209 Å². The number of aryl methyl sites for hydroxylation is 1. The summed E-state index contributed by atoms with van der Waals surface area (Å²) in [5.41, 5.74) is 1.06. The van der Waals surface area contributed by atoms with Crippen molar-refractivity contribution < 1.29 is 19.1 Å². The van der Waals surface area contributed by atoms with Gasteiger partial charge in [0.25, 0.3) is 5.91 Å². The van der Waals surface area contributed by atoms with Crippen LogP contribution < -0.4 is 15.4 Å². The fourth-order valence-corrected chi connectivity index (χ4v) is 4.37. The number of carbonyl (C=O) groups is 3. The van der Waals surface area contributed by atoms with E-state index >= 15 is 0 Å². The molecule has 0 radical (unpaired) electrons. The largest absolute Gasteiger partial charge is 0.491 e. The van der Waals surface area contributed by atoms with Gasteiger partial charge in [0.2, 0.25) is 11.8 Å². The number of hydrogen-bond acceptors (Lipinski definition) is 6. The molecule has 0 saturated carbocycles. The highest BCUT2D eigenvalue weighted by Gasteiger charge is 2.23. The first-order valence-electron chi connectivity index (χ1n) is 11.4. The first-order chi connectivity index (χ1) is 16.2. The Bertz CT molecular complexity index is 1030. The minimum atomic E-state index is -0.303. The van der Waals surface area contributed by atoms with E-state index in [1.807, 2.05) is 26.2 Å². The van der Waals surface area contributed by atoms with Crippen LogP contribution in [0.3, 0.4) is 0 Å². The van der Waals surface area contributed by atoms with Crippen molar-refractivity contribution in [2.75, 3.05) is 26.2 Å². The summed E-state index contributed by atoms with van der Waals surface area (Å²) in [6.45, 7) is 6.83. The second-order valence-electron chi connectivity index (χ2n) is 8.68. The SMILES string of the molecule is Cc1nc(CC(=O)N2CCCCNC(=O)c3cc(Cl)ccc3OC[C@H](C(C)C)NC(=O)C2)cs1. The zero-order valence-electron chi connectivity index (χ0n) is 19.7. The van der Waals surface area contributed by atoms with Gasteiger partial charge in [-0.2, -0.15) is 0 Å². The lowest BCUT2D eigenvalue weighted by atomic mass is 10.1. The van der Waals surface area contributed by atoms with Crippen LogP contribution in [-0.4, -0.2) is 59.9 Å². The van der Waals surface area contributed by atoms with Crippen LogP contribution in [0.25, 0.3) is 0 Å². The van der Waals surface area contributed by atoms with Crippen LogP contribution in [0.1, 0.15) is 47.7 Å². The van der Waals surface area contributed by atoms with Crippen molar-refractivity contribution >= 4 is 40.7 Å². The third-order valence-corrected chi connectivity index (χ3v) is 6.64. The van der Waals surface area contributed by atoms with Gasteiger partial charge in [0.1, 0.15) is 12.4 Å². The molecule has 1 aliphatic rings. The number of halogens is 1. The van der Waals surface area contributed by atoms with Gasteiger partial charge < -0.3 is 20.3 Å². The molecule has 10 heteroatoms. The first kappa shape index (κ1) is 26.0. The molecule has 0 saturated heterocycles. The predicted molar refractivity (Wildman–Crippen MR) is 132 cm³/mol. The molecule has 8 nitrogen and oxygen atoms in total. The van der Waals surface area contributed by atoms with Gasteiger partial charge in [-0.1, -0.05) is 25.4 Å². The summed E-state index contributed by atoms with van der Waals surface area (Å²) in [5, 5.41) is 9.09. The standard InChI is InChI=1S/C24H31ClN4O4S/c1-15(2)20-13-33-21-7-6-17(25)10-19(21)24(32)26-8-4-5-9-29(12-22(30)28-20)23(31)11-18-14-34-16(3)27-18/h6-7,10,14-15,20H,4-5,8-9,11-13H2,1-3H3,(H,26,32)(H,28,30)/t20-/m1/s1. The number of amides is 3. The molecule has 0 aliphatic carbocycles. The van der Waals surface area contributed by atoms with E-state index in [2.05, 4.69) is 15.6 Å². The van der Waals surface area contributed by atoms with E-state index in [1.54, 1.807) is 23.1 Å². The number of rotatable bonds is 3. The molecule has 2 aromatic rings. The number of benzene rings is 1. The third-order valence-electron chi connectivity index (χ3n) is 5.58. The summed E-state index contributed by atoms with van der Waals surface area (Å²) >= 11 is 7.60. The van der Waals surface area contributed by atoms with E-state index in [9.17, 15) is 14.4 Å². The maximum atomic E-state index is 13.0. The van der Waals surface area contributed by atoms with Crippen molar-refractivity contribution in [2.45, 2.75) is 46.1 Å². The average Bonchev–Trinajstić information content (AvgIpc) is 3.19. The van der Waals surface area contributed by atoms with Crippen molar-refractivity contribution in [1.82, 2.24) is 20.5 Å². The second kappa shape index (κ2) is 12.2. The van der Waals surface area contributed by atoms with Crippen molar-refractivity contribution in [3.8, 4) is 5.75 Å². The highest BCUT2D eigenvalue weighted by Crippen LogP contribution is 2.24. The maximum Gasteiger partial charge on any atom is 0.255 e.